The summed E-state index contributed by atoms with van der Waals surface area (Å²) >= 11 is 17.9. The van der Waals surface area contributed by atoms with Crippen molar-refractivity contribution in [3.63, 3.8) is 0 Å². The highest BCUT2D eigenvalue weighted by atomic mass is 35.5. The quantitative estimate of drug-likeness (QED) is 0.325. The van der Waals surface area contributed by atoms with Crippen molar-refractivity contribution in [3.8, 4) is 0 Å². The molecule has 1 amide bonds. The number of nitrogens with one attached hydrogen (secondary N) is 1. The standard InChI is InChI=1S/C22H17Cl3FN3O3S/c23-17-6-10-19(11-7-17)33(31,32)29(13-15-4-8-18(26)9-5-15)14-21(30)28-27-12-16-2-1-3-20(24)22(16)25/h1-12H,13-14H2,(H,28,30)/b27-12-. The fourth-order valence-corrected chi connectivity index (χ4v) is 4.63. The Morgan fingerprint density at radius 1 is 1.00 bits per heavy atom. The lowest BCUT2D eigenvalue weighted by Crippen LogP contribution is -2.39. The Hall–Kier alpha value is -2.49. The van der Waals surface area contributed by atoms with Crippen LogP contribution in [0.15, 0.2) is 76.7 Å². The zero-order valence-electron chi connectivity index (χ0n) is 16.9. The van der Waals surface area contributed by atoms with Crippen LogP contribution in [0.2, 0.25) is 15.1 Å². The molecule has 0 bridgehead atoms. The van der Waals surface area contributed by atoms with Crippen molar-refractivity contribution in [2.75, 3.05) is 6.54 Å². The average Bonchev–Trinajstić information content (AvgIpc) is 2.78. The zero-order valence-corrected chi connectivity index (χ0v) is 20.0. The second-order valence-corrected chi connectivity index (χ2v) is 9.95. The molecule has 0 aromatic heterocycles. The Morgan fingerprint density at radius 3 is 2.33 bits per heavy atom. The van der Waals surface area contributed by atoms with Gasteiger partial charge in [0.25, 0.3) is 5.91 Å². The number of hydrogen-bond donors (Lipinski definition) is 1. The van der Waals surface area contributed by atoms with Crippen molar-refractivity contribution in [2.24, 2.45) is 5.10 Å². The summed E-state index contributed by atoms with van der Waals surface area (Å²) in [5.74, 6) is -1.15. The minimum atomic E-state index is -4.08. The summed E-state index contributed by atoms with van der Waals surface area (Å²) in [6.07, 6.45) is 1.30. The molecule has 1 N–H and O–H groups in total. The molecule has 0 fully saturated rings. The number of rotatable bonds is 8. The maximum absolute atomic E-state index is 13.3. The van der Waals surface area contributed by atoms with Crippen LogP contribution in [0.4, 0.5) is 4.39 Å². The van der Waals surface area contributed by atoms with Crippen molar-refractivity contribution in [3.05, 3.63) is 98.7 Å². The third-order valence-corrected chi connectivity index (χ3v) is 7.31. The minimum absolute atomic E-state index is 0.0453. The summed E-state index contributed by atoms with van der Waals surface area (Å²) < 4.78 is 40.6. The van der Waals surface area contributed by atoms with Crippen LogP contribution in [0.3, 0.4) is 0 Å². The summed E-state index contributed by atoms with van der Waals surface area (Å²) in [7, 11) is -4.08. The van der Waals surface area contributed by atoms with Gasteiger partial charge >= 0.3 is 0 Å². The molecule has 0 aliphatic carbocycles. The summed E-state index contributed by atoms with van der Waals surface area (Å²) in [4.78, 5) is 12.5. The van der Waals surface area contributed by atoms with Gasteiger partial charge in [0.05, 0.1) is 27.7 Å². The Labute approximate surface area is 205 Å². The van der Waals surface area contributed by atoms with Crippen molar-refractivity contribution in [1.82, 2.24) is 9.73 Å². The first-order valence-corrected chi connectivity index (χ1v) is 12.0. The van der Waals surface area contributed by atoms with Gasteiger partial charge in [-0.15, -0.1) is 0 Å². The molecule has 3 aromatic carbocycles. The van der Waals surface area contributed by atoms with Gasteiger partial charge < -0.3 is 0 Å². The molecule has 0 unspecified atom stereocenters. The van der Waals surface area contributed by atoms with E-state index in [9.17, 15) is 17.6 Å². The first kappa shape index (κ1) is 25.1. The molecule has 172 valence electrons. The molecule has 0 heterocycles. The van der Waals surface area contributed by atoms with Gasteiger partial charge in [-0.3, -0.25) is 4.79 Å². The van der Waals surface area contributed by atoms with Gasteiger partial charge in [0.15, 0.2) is 0 Å². The highest BCUT2D eigenvalue weighted by molar-refractivity contribution is 7.89. The number of amides is 1. The summed E-state index contributed by atoms with van der Waals surface area (Å²) in [5, 5.41) is 4.78. The van der Waals surface area contributed by atoms with Gasteiger partial charge in [-0.1, -0.05) is 59.1 Å². The van der Waals surface area contributed by atoms with E-state index < -0.39 is 28.3 Å². The van der Waals surface area contributed by atoms with E-state index in [1.54, 1.807) is 18.2 Å². The van der Waals surface area contributed by atoms with E-state index in [0.717, 1.165) is 4.31 Å². The van der Waals surface area contributed by atoms with Gasteiger partial charge in [-0.25, -0.2) is 18.2 Å². The second-order valence-electron chi connectivity index (χ2n) is 6.79. The van der Waals surface area contributed by atoms with E-state index in [0.29, 0.717) is 21.2 Å². The van der Waals surface area contributed by atoms with Gasteiger partial charge in [0.2, 0.25) is 10.0 Å². The van der Waals surface area contributed by atoms with E-state index in [2.05, 4.69) is 10.5 Å². The molecule has 0 saturated carbocycles. The molecule has 6 nitrogen and oxygen atoms in total. The molecule has 0 aliphatic heterocycles. The molecule has 0 spiro atoms. The molecular formula is C22H17Cl3FN3O3S. The van der Waals surface area contributed by atoms with Crippen LogP contribution in [0.1, 0.15) is 11.1 Å². The van der Waals surface area contributed by atoms with Crippen LogP contribution in [0.5, 0.6) is 0 Å². The molecule has 0 radical (unpaired) electrons. The van der Waals surface area contributed by atoms with Gasteiger partial charge in [0, 0.05) is 17.1 Å². The number of hydrogen-bond acceptors (Lipinski definition) is 4. The largest absolute Gasteiger partial charge is 0.272 e. The minimum Gasteiger partial charge on any atom is -0.272 e. The molecule has 33 heavy (non-hydrogen) atoms. The van der Waals surface area contributed by atoms with Crippen LogP contribution in [-0.4, -0.2) is 31.4 Å². The topological polar surface area (TPSA) is 78.8 Å². The van der Waals surface area contributed by atoms with Gasteiger partial charge in [-0.05, 0) is 48.0 Å². The summed E-state index contributed by atoms with van der Waals surface area (Å²) in [6, 6.07) is 15.8. The predicted octanol–water partition coefficient (Wildman–Crippen LogP) is 5.13. The fourth-order valence-electron chi connectivity index (χ4n) is 2.76. The van der Waals surface area contributed by atoms with Gasteiger partial charge in [-0.2, -0.15) is 9.41 Å². The Kier molecular flexibility index (Phi) is 8.45. The normalized spacial score (nSPS) is 11.8. The number of hydrazone groups is 1. The van der Waals surface area contributed by atoms with Crippen LogP contribution in [0, 0.1) is 5.82 Å². The van der Waals surface area contributed by atoms with E-state index in [4.69, 9.17) is 34.8 Å². The molecule has 0 aliphatic rings. The number of benzene rings is 3. The Bertz CT molecular complexity index is 1270. The predicted molar refractivity (Wildman–Crippen MR) is 128 cm³/mol. The van der Waals surface area contributed by atoms with E-state index >= 15 is 0 Å². The SMILES string of the molecule is O=C(CN(Cc1ccc(F)cc1)S(=O)(=O)c1ccc(Cl)cc1)N/N=C\c1cccc(Cl)c1Cl. The van der Waals surface area contributed by atoms with Crippen LogP contribution < -0.4 is 5.43 Å². The third-order valence-electron chi connectivity index (χ3n) is 4.42. The number of nitrogens with zero attached hydrogens (tertiary/aromatic N) is 2. The van der Waals surface area contributed by atoms with Gasteiger partial charge in [0.1, 0.15) is 5.82 Å². The lowest BCUT2D eigenvalue weighted by molar-refractivity contribution is -0.121. The number of sulfonamides is 1. The first-order valence-electron chi connectivity index (χ1n) is 9.43. The molecule has 3 aromatic rings. The third kappa shape index (κ3) is 6.75. The number of carbonyl (C=O) groups excluding carboxylic acids is 1. The summed E-state index contributed by atoms with van der Waals surface area (Å²) in [6.45, 7) is -0.703. The highest BCUT2D eigenvalue weighted by Gasteiger charge is 2.27. The Balaban J connectivity index is 1.80. The van der Waals surface area contributed by atoms with Crippen LogP contribution in [-0.2, 0) is 21.4 Å². The van der Waals surface area contributed by atoms with E-state index in [1.165, 1.54) is 54.7 Å². The van der Waals surface area contributed by atoms with Crippen molar-refractivity contribution in [2.45, 2.75) is 11.4 Å². The van der Waals surface area contributed by atoms with E-state index in [-0.39, 0.29) is 16.5 Å². The van der Waals surface area contributed by atoms with Crippen molar-refractivity contribution in [1.29, 1.82) is 0 Å². The monoisotopic (exact) mass is 527 g/mol. The summed E-state index contributed by atoms with van der Waals surface area (Å²) in [5.41, 5.74) is 3.25. The smallest absolute Gasteiger partial charge is 0.255 e. The average molecular weight is 529 g/mol. The lowest BCUT2D eigenvalue weighted by atomic mass is 10.2. The molecule has 3 rings (SSSR count). The molecular weight excluding hydrogens is 512 g/mol. The fraction of sp³-hybridized carbons (Fsp3) is 0.0909. The molecule has 11 heteroatoms. The maximum Gasteiger partial charge on any atom is 0.255 e. The van der Waals surface area contributed by atoms with Crippen molar-refractivity contribution >= 4 is 56.9 Å². The highest BCUT2D eigenvalue weighted by Crippen LogP contribution is 2.24. The Morgan fingerprint density at radius 2 is 1.67 bits per heavy atom. The number of halogens is 4. The van der Waals surface area contributed by atoms with Crippen LogP contribution in [0.25, 0.3) is 0 Å². The number of carbonyl (C=O) groups is 1. The first-order chi connectivity index (χ1) is 15.7. The lowest BCUT2D eigenvalue weighted by Gasteiger charge is -2.21. The zero-order chi connectivity index (χ0) is 24.0. The van der Waals surface area contributed by atoms with E-state index in [1.807, 2.05) is 0 Å². The van der Waals surface area contributed by atoms with Crippen LogP contribution >= 0.6 is 34.8 Å². The molecule has 0 saturated heterocycles. The maximum atomic E-state index is 13.3. The second kappa shape index (κ2) is 11.1. The molecule has 0 atom stereocenters. The van der Waals surface area contributed by atoms with Crippen molar-refractivity contribution < 1.29 is 17.6 Å².